The van der Waals surface area contributed by atoms with E-state index in [1.165, 1.54) is 0 Å². The highest BCUT2D eigenvalue weighted by Crippen LogP contribution is 2.09. The molecular formula is C13H20O2. The number of ketones is 2. The predicted octanol–water partition coefficient (Wildman–Crippen LogP) is 3.21. The second-order valence-electron chi connectivity index (χ2n) is 4.19. The molecule has 1 rings (SSSR count). The van der Waals surface area contributed by atoms with Gasteiger partial charge in [-0.15, -0.1) is 0 Å². The van der Waals surface area contributed by atoms with E-state index in [0.29, 0.717) is 37.2 Å². The zero-order chi connectivity index (χ0) is 10.9. The second-order valence-corrected chi connectivity index (χ2v) is 4.19. The summed E-state index contributed by atoms with van der Waals surface area (Å²) in [6.07, 6.45) is 11.4. The van der Waals surface area contributed by atoms with E-state index in [-0.39, 0.29) is 0 Å². The molecule has 0 bridgehead atoms. The first-order valence-electron chi connectivity index (χ1n) is 5.97. The first kappa shape index (κ1) is 12.2. The first-order valence-corrected chi connectivity index (χ1v) is 5.97. The Bertz CT molecular complexity index is 241. The van der Waals surface area contributed by atoms with E-state index >= 15 is 0 Å². The van der Waals surface area contributed by atoms with Crippen molar-refractivity contribution in [3.8, 4) is 0 Å². The summed E-state index contributed by atoms with van der Waals surface area (Å²) in [6.45, 7) is 0. The molecule has 2 nitrogen and oxygen atoms in total. The SMILES string of the molecule is O=C1CC/C=C\CCCC(=O)CCCC1. The molecule has 0 aromatic heterocycles. The van der Waals surface area contributed by atoms with E-state index in [1.54, 1.807) is 0 Å². The number of rotatable bonds is 0. The molecule has 0 saturated carbocycles. The van der Waals surface area contributed by atoms with Gasteiger partial charge in [0.25, 0.3) is 0 Å². The predicted molar refractivity (Wildman–Crippen MR) is 60.7 cm³/mol. The Hall–Kier alpha value is -0.920. The van der Waals surface area contributed by atoms with Crippen molar-refractivity contribution < 1.29 is 9.59 Å². The highest BCUT2D eigenvalue weighted by atomic mass is 16.1. The lowest BCUT2D eigenvalue weighted by atomic mass is 10.1. The topological polar surface area (TPSA) is 34.1 Å². The van der Waals surface area contributed by atoms with Gasteiger partial charge in [0.15, 0.2) is 0 Å². The molecule has 0 unspecified atom stereocenters. The van der Waals surface area contributed by atoms with Crippen molar-refractivity contribution in [2.75, 3.05) is 0 Å². The first-order chi connectivity index (χ1) is 7.29. The lowest BCUT2D eigenvalue weighted by molar-refractivity contribution is -0.120. The van der Waals surface area contributed by atoms with Crippen LogP contribution >= 0.6 is 0 Å². The molecule has 0 aromatic rings. The van der Waals surface area contributed by atoms with Crippen LogP contribution in [0.5, 0.6) is 0 Å². The third-order valence-electron chi connectivity index (χ3n) is 2.74. The molecular weight excluding hydrogens is 188 g/mol. The maximum absolute atomic E-state index is 11.4. The van der Waals surface area contributed by atoms with E-state index in [4.69, 9.17) is 0 Å². The smallest absolute Gasteiger partial charge is 0.133 e. The Morgan fingerprint density at radius 2 is 1.20 bits per heavy atom. The van der Waals surface area contributed by atoms with Crippen LogP contribution in [0.2, 0.25) is 0 Å². The molecule has 0 atom stereocenters. The highest BCUT2D eigenvalue weighted by molar-refractivity contribution is 5.79. The summed E-state index contributed by atoms with van der Waals surface area (Å²) in [5, 5.41) is 0. The number of carbonyl (C=O) groups is 2. The lowest BCUT2D eigenvalue weighted by Crippen LogP contribution is -1.99. The number of allylic oxidation sites excluding steroid dienone is 2. The molecule has 0 aromatic carbocycles. The van der Waals surface area contributed by atoms with Crippen LogP contribution in [0, 0.1) is 0 Å². The van der Waals surface area contributed by atoms with Gasteiger partial charge in [0.05, 0.1) is 0 Å². The van der Waals surface area contributed by atoms with Crippen molar-refractivity contribution in [1.29, 1.82) is 0 Å². The second kappa shape index (κ2) is 7.38. The fourth-order valence-electron chi connectivity index (χ4n) is 1.79. The molecule has 0 radical (unpaired) electrons. The van der Waals surface area contributed by atoms with Crippen LogP contribution < -0.4 is 0 Å². The average molecular weight is 208 g/mol. The third kappa shape index (κ3) is 6.21. The van der Waals surface area contributed by atoms with Crippen molar-refractivity contribution >= 4 is 11.6 Å². The summed E-state index contributed by atoms with van der Waals surface area (Å²) in [6, 6.07) is 0. The highest BCUT2D eigenvalue weighted by Gasteiger charge is 2.04. The van der Waals surface area contributed by atoms with Crippen LogP contribution in [0.4, 0.5) is 0 Å². The van der Waals surface area contributed by atoms with Gasteiger partial charge in [-0.1, -0.05) is 12.2 Å². The summed E-state index contributed by atoms with van der Waals surface area (Å²) in [5.74, 6) is 0.696. The monoisotopic (exact) mass is 208 g/mol. The van der Waals surface area contributed by atoms with Crippen molar-refractivity contribution in [1.82, 2.24) is 0 Å². The number of hydrogen-bond acceptors (Lipinski definition) is 2. The minimum atomic E-state index is 0.339. The zero-order valence-electron chi connectivity index (χ0n) is 9.34. The van der Waals surface area contributed by atoms with Gasteiger partial charge >= 0.3 is 0 Å². The Labute approximate surface area is 91.7 Å². The maximum Gasteiger partial charge on any atom is 0.133 e. The normalized spacial score (nSPS) is 23.7. The molecule has 1 aliphatic carbocycles. The molecule has 84 valence electrons. The average Bonchev–Trinajstić information content (AvgIpc) is 2.23. The molecule has 0 amide bonds. The Morgan fingerprint density at radius 1 is 0.667 bits per heavy atom. The minimum absolute atomic E-state index is 0.339. The largest absolute Gasteiger partial charge is 0.300 e. The molecule has 15 heavy (non-hydrogen) atoms. The van der Waals surface area contributed by atoms with E-state index < -0.39 is 0 Å². The Balaban J connectivity index is 2.35. The standard InChI is InChI=1S/C13H20O2/c14-12-8-4-2-1-3-5-9-13(15)11-7-6-10-12/h1-2H,3-11H2/b2-1-. The van der Waals surface area contributed by atoms with Crippen LogP contribution in [0.15, 0.2) is 12.2 Å². The number of carbonyl (C=O) groups excluding carboxylic acids is 2. The van der Waals surface area contributed by atoms with Crippen LogP contribution in [0.3, 0.4) is 0 Å². The van der Waals surface area contributed by atoms with E-state index in [0.717, 1.165) is 32.1 Å². The fourth-order valence-corrected chi connectivity index (χ4v) is 1.79. The van der Waals surface area contributed by atoms with Gasteiger partial charge in [0.2, 0.25) is 0 Å². The van der Waals surface area contributed by atoms with Crippen molar-refractivity contribution in [2.45, 2.75) is 57.8 Å². The number of Topliss-reactive ketones (excluding diaryl/α,β-unsaturated/α-hetero) is 2. The van der Waals surface area contributed by atoms with Gasteiger partial charge in [-0.2, -0.15) is 0 Å². The third-order valence-corrected chi connectivity index (χ3v) is 2.74. The molecule has 0 aliphatic heterocycles. The zero-order valence-corrected chi connectivity index (χ0v) is 9.34. The van der Waals surface area contributed by atoms with Crippen molar-refractivity contribution in [2.24, 2.45) is 0 Å². The summed E-state index contributed by atoms with van der Waals surface area (Å²) < 4.78 is 0. The van der Waals surface area contributed by atoms with Crippen LogP contribution in [0.1, 0.15) is 57.8 Å². The summed E-state index contributed by atoms with van der Waals surface area (Å²) in [4.78, 5) is 22.7. The summed E-state index contributed by atoms with van der Waals surface area (Å²) in [7, 11) is 0. The minimum Gasteiger partial charge on any atom is -0.300 e. The summed E-state index contributed by atoms with van der Waals surface area (Å²) in [5.41, 5.74) is 0. The fraction of sp³-hybridized carbons (Fsp3) is 0.692. The lowest BCUT2D eigenvalue weighted by Gasteiger charge is -1.99. The molecule has 0 N–H and O–H groups in total. The van der Waals surface area contributed by atoms with Gasteiger partial charge in [-0.25, -0.2) is 0 Å². The van der Waals surface area contributed by atoms with Crippen molar-refractivity contribution in [3.63, 3.8) is 0 Å². The van der Waals surface area contributed by atoms with E-state index in [1.807, 2.05) is 0 Å². The van der Waals surface area contributed by atoms with E-state index in [2.05, 4.69) is 12.2 Å². The van der Waals surface area contributed by atoms with Crippen LogP contribution in [0.25, 0.3) is 0 Å². The van der Waals surface area contributed by atoms with Crippen LogP contribution in [-0.4, -0.2) is 11.6 Å². The molecule has 0 heterocycles. The molecule has 0 spiro atoms. The van der Waals surface area contributed by atoms with Gasteiger partial charge in [-0.05, 0) is 32.1 Å². The number of hydrogen-bond donors (Lipinski definition) is 0. The Morgan fingerprint density at radius 3 is 1.93 bits per heavy atom. The maximum atomic E-state index is 11.4. The molecule has 1 aliphatic rings. The van der Waals surface area contributed by atoms with Gasteiger partial charge in [-0.3, -0.25) is 9.59 Å². The molecule has 2 heteroatoms. The van der Waals surface area contributed by atoms with E-state index in [9.17, 15) is 9.59 Å². The molecule has 0 fully saturated rings. The quantitative estimate of drug-likeness (QED) is 0.573. The van der Waals surface area contributed by atoms with Gasteiger partial charge in [0, 0.05) is 25.7 Å². The van der Waals surface area contributed by atoms with Crippen LogP contribution in [-0.2, 0) is 9.59 Å². The van der Waals surface area contributed by atoms with Gasteiger partial charge < -0.3 is 0 Å². The molecule has 0 saturated heterocycles. The van der Waals surface area contributed by atoms with Crippen molar-refractivity contribution in [3.05, 3.63) is 12.2 Å². The van der Waals surface area contributed by atoms with Gasteiger partial charge in [0.1, 0.15) is 11.6 Å². The summed E-state index contributed by atoms with van der Waals surface area (Å²) >= 11 is 0. The Kier molecular flexibility index (Phi) is 5.98.